The molecule has 0 aliphatic carbocycles. The summed E-state index contributed by atoms with van der Waals surface area (Å²) in [6.45, 7) is 7.45. The lowest BCUT2D eigenvalue weighted by Gasteiger charge is -2.34. The first-order valence-electron chi connectivity index (χ1n) is 9.42. The standard InChI is InChI=1S/C18H25N5O4S2/c1-4-21(5-2)15-6-7-16(20-19-15)22-9-11-23(12-10-22)29(25,26)14-8-13-28-17(14)18(24)27-3/h6-8,13H,4-5,9-12H2,1-3H3. The maximum absolute atomic E-state index is 13.0. The maximum Gasteiger partial charge on any atom is 0.349 e. The Labute approximate surface area is 174 Å². The highest BCUT2D eigenvalue weighted by atomic mass is 32.2. The van der Waals surface area contributed by atoms with Gasteiger partial charge in [0.25, 0.3) is 0 Å². The number of esters is 1. The summed E-state index contributed by atoms with van der Waals surface area (Å²) >= 11 is 1.06. The fraction of sp³-hybridized carbons (Fsp3) is 0.500. The summed E-state index contributed by atoms with van der Waals surface area (Å²) in [7, 11) is -2.52. The lowest BCUT2D eigenvalue weighted by Crippen LogP contribution is -2.49. The molecule has 11 heteroatoms. The van der Waals surface area contributed by atoms with E-state index in [1.165, 1.54) is 17.5 Å². The SMILES string of the molecule is CCN(CC)c1ccc(N2CCN(S(=O)(=O)c3ccsc3C(=O)OC)CC2)nn1. The fourth-order valence-corrected chi connectivity index (χ4v) is 5.97. The van der Waals surface area contributed by atoms with Crippen LogP contribution in [0.15, 0.2) is 28.5 Å². The Balaban J connectivity index is 1.69. The number of carbonyl (C=O) groups is 1. The van der Waals surface area contributed by atoms with Gasteiger partial charge in [-0.1, -0.05) is 0 Å². The molecule has 9 nitrogen and oxygen atoms in total. The summed E-state index contributed by atoms with van der Waals surface area (Å²) in [5, 5.41) is 10.2. The third-order valence-corrected chi connectivity index (χ3v) is 7.87. The van der Waals surface area contributed by atoms with Crippen molar-refractivity contribution in [1.29, 1.82) is 0 Å². The molecule has 29 heavy (non-hydrogen) atoms. The zero-order chi connectivity index (χ0) is 21.0. The van der Waals surface area contributed by atoms with E-state index in [9.17, 15) is 13.2 Å². The molecule has 0 bridgehead atoms. The van der Waals surface area contributed by atoms with Gasteiger partial charge in [-0.05, 0) is 37.4 Å². The van der Waals surface area contributed by atoms with Crippen molar-refractivity contribution in [2.24, 2.45) is 0 Å². The molecule has 0 amide bonds. The molecule has 1 fully saturated rings. The van der Waals surface area contributed by atoms with Gasteiger partial charge in [0.2, 0.25) is 10.0 Å². The molecule has 1 aliphatic heterocycles. The van der Waals surface area contributed by atoms with Gasteiger partial charge in [0, 0.05) is 39.3 Å². The maximum atomic E-state index is 13.0. The average molecular weight is 440 g/mol. The molecule has 2 aromatic rings. The van der Waals surface area contributed by atoms with Crippen LogP contribution in [-0.2, 0) is 14.8 Å². The molecule has 0 radical (unpaired) electrons. The molecule has 3 heterocycles. The number of methoxy groups -OCH3 is 1. The molecular formula is C18H25N5O4S2. The second-order valence-corrected chi connectivity index (χ2v) is 9.24. The molecule has 0 N–H and O–H groups in total. The summed E-state index contributed by atoms with van der Waals surface area (Å²) in [5.74, 6) is 0.914. The predicted octanol–water partition coefficient (Wildman–Crippen LogP) is 1.68. The molecule has 0 saturated carbocycles. The zero-order valence-corrected chi connectivity index (χ0v) is 18.4. The van der Waals surface area contributed by atoms with Crippen molar-refractivity contribution in [3.05, 3.63) is 28.5 Å². The van der Waals surface area contributed by atoms with Crippen LogP contribution in [0.3, 0.4) is 0 Å². The number of aromatic nitrogens is 2. The van der Waals surface area contributed by atoms with Gasteiger partial charge in [-0.15, -0.1) is 21.5 Å². The van der Waals surface area contributed by atoms with Crippen molar-refractivity contribution in [3.63, 3.8) is 0 Å². The second-order valence-electron chi connectivity index (χ2n) is 6.42. The molecule has 0 spiro atoms. The monoisotopic (exact) mass is 439 g/mol. The summed E-state index contributed by atoms with van der Waals surface area (Å²) in [6, 6.07) is 5.31. The minimum atomic E-state index is -3.76. The number of carbonyl (C=O) groups excluding carboxylic acids is 1. The summed E-state index contributed by atoms with van der Waals surface area (Å²) in [4.78, 5) is 16.1. The van der Waals surface area contributed by atoms with E-state index in [2.05, 4.69) is 28.9 Å². The molecule has 3 rings (SSSR count). The lowest BCUT2D eigenvalue weighted by atomic mass is 10.3. The van der Waals surface area contributed by atoms with Crippen LogP contribution >= 0.6 is 11.3 Å². The Morgan fingerprint density at radius 3 is 2.38 bits per heavy atom. The van der Waals surface area contributed by atoms with Gasteiger partial charge in [-0.2, -0.15) is 4.31 Å². The van der Waals surface area contributed by atoms with Crippen LogP contribution in [0.1, 0.15) is 23.5 Å². The molecule has 1 saturated heterocycles. The molecule has 0 atom stereocenters. The van der Waals surface area contributed by atoms with E-state index in [0.717, 1.165) is 36.1 Å². The lowest BCUT2D eigenvalue weighted by molar-refractivity contribution is 0.0602. The smallest absolute Gasteiger partial charge is 0.349 e. The number of nitrogens with zero attached hydrogens (tertiary/aromatic N) is 5. The van der Waals surface area contributed by atoms with Crippen molar-refractivity contribution >= 4 is 39.0 Å². The Hall–Kier alpha value is -2.24. The fourth-order valence-electron chi connectivity index (χ4n) is 3.24. The van der Waals surface area contributed by atoms with Crippen molar-refractivity contribution in [2.75, 3.05) is 56.2 Å². The topological polar surface area (TPSA) is 95.9 Å². The van der Waals surface area contributed by atoms with E-state index >= 15 is 0 Å². The number of sulfonamides is 1. The Morgan fingerprint density at radius 2 is 1.83 bits per heavy atom. The van der Waals surface area contributed by atoms with E-state index in [1.54, 1.807) is 5.38 Å². The summed E-state index contributed by atoms with van der Waals surface area (Å²) in [6.07, 6.45) is 0. The van der Waals surface area contributed by atoms with Crippen molar-refractivity contribution in [2.45, 2.75) is 18.7 Å². The van der Waals surface area contributed by atoms with Gasteiger partial charge in [-0.25, -0.2) is 13.2 Å². The van der Waals surface area contributed by atoms with Crippen LogP contribution in [0.2, 0.25) is 0 Å². The van der Waals surface area contributed by atoms with Crippen LogP contribution in [0.4, 0.5) is 11.6 Å². The van der Waals surface area contributed by atoms with Gasteiger partial charge in [-0.3, -0.25) is 0 Å². The van der Waals surface area contributed by atoms with Crippen LogP contribution < -0.4 is 9.80 Å². The summed E-state index contributed by atoms with van der Waals surface area (Å²) in [5.41, 5.74) is 0. The molecule has 2 aromatic heterocycles. The largest absolute Gasteiger partial charge is 0.465 e. The quantitative estimate of drug-likeness (QED) is 0.602. The van der Waals surface area contributed by atoms with Crippen molar-refractivity contribution in [1.82, 2.24) is 14.5 Å². The minimum Gasteiger partial charge on any atom is -0.465 e. The predicted molar refractivity (Wildman–Crippen MR) is 112 cm³/mol. The highest BCUT2D eigenvalue weighted by Crippen LogP contribution is 2.27. The van der Waals surface area contributed by atoms with E-state index in [1.807, 2.05) is 17.0 Å². The minimum absolute atomic E-state index is 0.00571. The Bertz CT molecular complexity index is 933. The van der Waals surface area contributed by atoms with Crippen LogP contribution in [-0.4, -0.2) is 75.3 Å². The number of ether oxygens (including phenoxy) is 1. The second kappa shape index (κ2) is 9.06. The number of thiophene rings is 1. The van der Waals surface area contributed by atoms with E-state index in [0.29, 0.717) is 26.2 Å². The number of hydrogen-bond acceptors (Lipinski definition) is 9. The molecular weight excluding hydrogens is 414 g/mol. The van der Waals surface area contributed by atoms with Crippen LogP contribution in [0.25, 0.3) is 0 Å². The number of anilines is 2. The van der Waals surface area contributed by atoms with Crippen molar-refractivity contribution in [3.8, 4) is 0 Å². The normalized spacial score (nSPS) is 15.3. The third-order valence-electron chi connectivity index (χ3n) is 4.90. The van der Waals surface area contributed by atoms with Gasteiger partial charge in [0.1, 0.15) is 9.77 Å². The van der Waals surface area contributed by atoms with Gasteiger partial charge in [0.15, 0.2) is 11.6 Å². The number of piperazine rings is 1. The molecule has 158 valence electrons. The Kier molecular flexibility index (Phi) is 6.70. The van der Waals surface area contributed by atoms with E-state index < -0.39 is 16.0 Å². The molecule has 0 aromatic carbocycles. The van der Waals surface area contributed by atoms with Gasteiger partial charge >= 0.3 is 5.97 Å². The Morgan fingerprint density at radius 1 is 1.14 bits per heavy atom. The van der Waals surface area contributed by atoms with Crippen molar-refractivity contribution < 1.29 is 17.9 Å². The first-order valence-corrected chi connectivity index (χ1v) is 11.7. The zero-order valence-electron chi connectivity index (χ0n) is 16.7. The first-order chi connectivity index (χ1) is 13.9. The van der Waals surface area contributed by atoms with Crippen LogP contribution in [0, 0.1) is 0 Å². The number of rotatable bonds is 7. The number of hydrogen-bond donors (Lipinski definition) is 0. The van der Waals surface area contributed by atoms with Gasteiger partial charge < -0.3 is 14.5 Å². The highest BCUT2D eigenvalue weighted by molar-refractivity contribution is 7.89. The average Bonchev–Trinajstić information content (AvgIpc) is 3.25. The first kappa shape index (κ1) is 21.5. The highest BCUT2D eigenvalue weighted by Gasteiger charge is 2.33. The summed E-state index contributed by atoms with van der Waals surface area (Å²) < 4.78 is 32.1. The van der Waals surface area contributed by atoms with Crippen LogP contribution in [0.5, 0.6) is 0 Å². The van der Waals surface area contributed by atoms with Gasteiger partial charge in [0.05, 0.1) is 7.11 Å². The van der Waals surface area contributed by atoms with E-state index in [-0.39, 0.29) is 9.77 Å². The third kappa shape index (κ3) is 4.36. The molecule has 0 unspecified atom stereocenters. The molecule has 1 aliphatic rings. The van der Waals surface area contributed by atoms with E-state index in [4.69, 9.17) is 4.74 Å².